The number of nitrogen functional groups attached to an aromatic ring is 2. The number of carboxylic acids is 1. The Hall–Kier alpha value is -2.09. The molecule has 0 unspecified atom stereocenters. The molecule has 16 heavy (non-hydrogen) atoms. The second-order valence-electron chi connectivity index (χ2n) is 2.83. The number of amidine groups is 1. The number of nitrogens with one attached hydrogen (secondary N) is 1. The van der Waals surface area contributed by atoms with E-state index >= 15 is 0 Å². The van der Waals surface area contributed by atoms with Crippen molar-refractivity contribution in [2.24, 2.45) is 5.73 Å². The second-order valence-corrected chi connectivity index (χ2v) is 2.83. The van der Waals surface area contributed by atoms with Crippen LogP contribution in [0.4, 0.5) is 5.82 Å². The van der Waals surface area contributed by atoms with Crippen LogP contribution in [0.1, 0.15) is 12.6 Å². The van der Waals surface area contributed by atoms with Crippen molar-refractivity contribution in [1.29, 1.82) is 5.41 Å². The van der Waals surface area contributed by atoms with Crippen LogP contribution in [0.25, 0.3) is 0 Å². The van der Waals surface area contributed by atoms with Crippen LogP contribution in [0.2, 0.25) is 0 Å². The molecule has 1 aromatic rings. The number of carboxylic acid groups (broad SMARTS) is 1. The van der Waals surface area contributed by atoms with Crippen LogP contribution in [0.3, 0.4) is 0 Å². The van der Waals surface area contributed by atoms with Crippen LogP contribution in [-0.2, 0) is 11.3 Å². The molecule has 0 spiro atoms. The van der Waals surface area contributed by atoms with Crippen molar-refractivity contribution in [3.63, 3.8) is 0 Å². The van der Waals surface area contributed by atoms with E-state index in [0.29, 0.717) is 12.4 Å². The van der Waals surface area contributed by atoms with Crippen molar-refractivity contribution < 1.29 is 15.0 Å². The van der Waals surface area contributed by atoms with Gasteiger partial charge in [-0.1, -0.05) is 0 Å². The summed E-state index contributed by atoms with van der Waals surface area (Å²) in [4.78, 5) is 12.8. The number of rotatable bonds is 3. The molecule has 0 bridgehead atoms. The molecule has 7 N–H and O–H groups in total. The van der Waals surface area contributed by atoms with Gasteiger partial charge in [-0.2, -0.15) is 0 Å². The minimum atomic E-state index is -0.833. The van der Waals surface area contributed by atoms with Gasteiger partial charge in [-0.15, -0.1) is 0 Å². The van der Waals surface area contributed by atoms with Crippen LogP contribution < -0.4 is 11.5 Å². The van der Waals surface area contributed by atoms with Gasteiger partial charge >= 0.3 is 0 Å². The van der Waals surface area contributed by atoms with Crippen molar-refractivity contribution in [2.45, 2.75) is 13.5 Å². The number of carbonyl (C=O) groups is 1. The third kappa shape index (κ3) is 4.42. The van der Waals surface area contributed by atoms with E-state index in [1.807, 2.05) is 0 Å². The van der Waals surface area contributed by atoms with Crippen LogP contribution in [0, 0.1) is 5.41 Å². The molecule has 0 saturated heterocycles. The molecule has 8 heteroatoms. The fourth-order valence-corrected chi connectivity index (χ4v) is 0.885. The lowest BCUT2D eigenvalue weighted by atomic mass is 10.4. The predicted molar refractivity (Wildman–Crippen MR) is 58.1 cm³/mol. The summed E-state index contributed by atoms with van der Waals surface area (Å²) in [6.45, 7) is 1.43. The van der Waals surface area contributed by atoms with Gasteiger partial charge in [0, 0.05) is 13.5 Å². The zero-order chi connectivity index (χ0) is 12.7. The molecular weight excluding hydrogens is 214 g/mol. The Labute approximate surface area is 92.0 Å². The number of imidazole rings is 1. The Morgan fingerprint density at radius 2 is 2.19 bits per heavy atom. The van der Waals surface area contributed by atoms with Crippen LogP contribution >= 0.6 is 0 Å². The van der Waals surface area contributed by atoms with E-state index in [9.17, 15) is 0 Å². The predicted octanol–water partition coefficient (Wildman–Crippen LogP) is -1.17. The minimum absolute atomic E-state index is 0.0160. The highest BCUT2D eigenvalue weighted by molar-refractivity contribution is 5.97. The number of aromatic nitrogens is 2. The third-order valence-electron chi connectivity index (χ3n) is 1.47. The zero-order valence-corrected chi connectivity index (χ0v) is 8.84. The molecule has 1 rings (SSSR count). The van der Waals surface area contributed by atoms with Crippen LogP contribution in [0.15, 0.2) is 6.33 Å². The molecule has 0 amide bonds. The molecule has 0 aliphatic heterocycles. The Bertz CT molecular complexity index is 370. The fourth-order valence-electron chi connectivity index (χ4n) is 0.885. The number of nitrogens with zero attached hydrogens (tertiary/aromatic N) is 2. The highest BCUT2D eigenvalue weighted by Gasteiger charge is 2.08. The maximum atomic E-state index is 9.00. The first kappa shape index (κ1) is 13.9. The summed E-state index contributed by atoms with van der Waals surface area (Å²) in [5.41, 5.74) is 11.0. The summed E-state index contributed by atoms with van der Waals surface area (Å²) in [5.74, 6) is -0.680. The van der Waals surface area contributed by atoms with Gasteiger partial charge in [0.1, 0.15) is 17.3 Å². The average molecular weight is 229 g/mol. The molecule has 90 valence electrons. The lowest BCUT2D eigenvalue weighted by Crippen LogP contribution is -2.15. The van der Waals surface area contributed by atoms with Gasteiger partial charge in [0.05, 0.1) is 12.9 Å². The SMILES string of the molecule is CC(=O)O.N=C(N)c1ncn(CCO)c1N. The van der Waals surface area contributed by atoms with Crippen molar-refractivity contribution in [3.8, 4) is 0 Å². The van der Waals surface area contributed by atoms with Gasteiger partial charge in [0.25, 0.3) is 5.97 Å². The highest BCUT2D eigenvalue weighted by atomic mass is 16.4. The van der Waals surface area contributed by atoms with Gasteiger partial charge in [-0.25, -0.2) is 4.98 Å². The second kappa shape index (κ2) is 6.40. The summed E-state index contributed by atoms with van der Waals surface area (Å²) in [7, 11) is 0. The molecule has 0 saturated carbocycles. The molecule has 1 heterocycles. The number of aliphatic hydroxyl groups excluding tert-OH is 1. The number of hydrogen-bond acceptors (Lipinski definition) is 5. The fraction of sp³-hybridized carbons (Fsp3) is 0.375. The average Bonchev–Trinajstić information content (AvgIpc) is 2.48. The monoisotopic (exact) mass is 229 g/mol. The lowest BCUT2D eigenvalue weighted by Gasteiger charge is -2.01. The van der Waals surface area contributed by atoms with E-state index in [2.05, 4.69) is 4.98 Å². The Balaban J connectivity index is 0.000000487. The smallest absolute Gasteiger partial charge is 0.300 e. The van der Waals surface area contributed by atoms with Gasteiger partial charge < -0.3 is 26.2 Å². The van der Waals surface area contributed by atoms with Crippen molar-refractivity contribution in [3.05, 3.63) is 12.0 Å². The van der Waals surface area contributed by atoms with Gasteiger partial charge in [0.2, 0.25) is 0 Å². The van der Waals surface area contributed by atoms with Crippen molar-refractivity contribution >= 4 is 17.6 Å². The van der Waals surface area contributed by atoms with E-state index in [1.165, 1.54) is 10.9 Å². The molecule has 0 radical (unpaired) electrons. The topological polar surface area (TPSA) is 151 Å². The number of nitrogens with two attached hydrogens (primary N) is 2. The maximum Gasteiger partial charge on any atom is 0.300 e. The van der Waals surface area contributed by atoms with E-state index in [4.69, 9.17) is 31.9 Å². The van der Waals surface area contributed by atoms with E-state index in [0.717, 1.165) is 6.92 Å². The number of aliphatic carboxylic acids is 1. The Morgan fingerprint density at radius 3 is 2.50 bits per heavy atom. The first-order chi connectivity index (χ1) is 7.40. The molecule has 8 nitrogen and oxygen atoms in total. The first-order valence-electron chi connectivity index (χ1n) is 4.35. The largest absolute Gasteiger partial charge is 0.481 e. The van der Waals surface area contributed by atoms with Crippen molar-refractivity contribution in [2.75, 3.05) is 12.3 Å². The first-order valence-corrected chi connectivity index (χ1v) is 4.35. The van der Waals surface area contributed by atoms with Gasteiger partial charge in [-0.05, 0) is 0 Å². The van der Waals surface area contributed by atoms with Crippen LogP contribution in [-0.4, -0.2) is 38.2 Å². The summed E-state index contributed by atoms with van der Waals surface area (Å²) in [6.07, 6.45) is 1.45. The molecule has 1 aromatic heterocycles. The van der Waals surface area contributed by atoms with Gasteiger partial charge in [0.15, 0.2) is 0 Å². The number of aliphatic hydroxyl groups is 1. The molecular formula is C8H15N5O3. The minimum Gasteiger partial charge on any atom is -0.481 e. The summed E-state index contributed by atoms with van der Waals surface area (Å²) >= 11 is 0. The molecule has 0 aliphatic rings. The summed E-state index contributed by atoms with van der Waals surface area (Å²) < 4.78 is 1.54. The van der Waals surface area contributed by atoms with E-state index < -0.39 is 5.97 Å². The number of anilines is 1. The third-order valence-corrected chi connectivity index (χ3v) is 1.47. The highest BCUT2D eigenvalue weighted by Crippen LogP contribution is 2.07. The lowest BCUT2D eigenvalue weighted by molar-refractivity contribution is -0.134. The quantitative estimate of drug-likeness (QED) is 0.325. The van der Waals surface area contributed by atoms with Crippen LogP contribution in [0.5, 0.6) is 0 Å². The normalized spacial score (nSPS) is 9.12. The molecule has 0 aliphatic carbocycles. The summed E-state index contributed by atoms with van der Waals surface area (Å²) in [5, 5.41) is 23.1. The zero-order valence-electron chi connectivity index (χ0n) is 8.84. The summed E-state index contributed by atoms with van der Waals surface area (Å²) in [6, 6.07) is 0. The Kier molecular flexibility index (Phi) is 5.57. The molecule has 0 aromatic carbocycles. The van der Waals surface area contributed by atoms with E-state index in [1.54, 1.807) is 0 Å². The molecule has 0 atom stereocenters. The maximum absolute atomic E-state index is 9.00. The van der Waals surface area contributed by atoms with E-state index in [-0.39, 0.29) is 18.1 Å². The standard InChI is InChI=1S/C6H11N5O.C2H4O2/c7-5(8)4-6(9)11(1-2-12)3-10-4;1-2(3)4/h3,12H,1-2,9H2,(H3,7,8);1H3,(H,3,4). The van der Waals surface area contributed by atoms with Gasteiger partial charge in [-0.3, -0.25) is 10.2 Å². The Morgan fingerprint density at radius 1 is 1.69 bits per heavy atom. The number of hydrogen-bond donors (Lipinski definition) is 5. The molecule has 0 fully saturated rings. The van der Waals surface area contributed by atoms with Crippen molar-refractivity contribution in [1.82, 2.24) is 9.55 Å².